The van der Waals surface area contributed by atoms with Crippen molar-refractivity contribution in [2.75, 3.05) is 0 Å². The number of carboxylic acids is 1. The van der Waals surface area contributed by atoms with Crippen molar-refractivity contribution in [1.82, 2.24) is 5.32 Å². The molecular weight excluding hydrogens is 272 g/mol. The number of nitrogens with one attached hydrogen (secondary N) is 1. The molecule has 5 nitrogen and oxygen atoms in total. The first-order valence-electron chi connectivity index (χ1n) is 6.01. The van der Waals surface area contributed by atoms with Gasteiger partial charge in [0.05, 0.1) is 11.8 Å². The van der Waals surface area contributed by atoms with Crippen LogP contribution in [0.25, 0.3) is 0 Å². The average Bonchev–Trinajstić information content (AvgIpc) is 3.16. The second-order valence-electron chi connectivity index (χ2n) is 4.53. The maximum atomic E-state index is 12.1. The van der Waals surface area contributed by atoms with Crippen LogP contribution in [0.4, 0.5) is 8.78 Å². The Hall–Kier alpha value is -2.18. The zero-order valence-corrected chi connectivity index (χ0v) is 10.4. The molecular formula is C13H13F2NO4. The summed E-state index contributed by atoms with van der Waals surface area (Å²) in [4.78, 5) is 22.3. The largest absolute Gasteiger partial charge is 0.481 e. The highest BCUT2D eigenvalue weighted by Gasteiger charge is 2.48. The van der Waals surface area contributed by atoms with E-state index in [-0.39, 0.29) is 18.2 Å². The summed E-state index contributed by atoms with van der Waals surface area (Å²) in [5.41, 5.74) is 0.601. The number of rotatable bonds is 6. The predicted molar refractivity (Wildman–Crippen MR) is 64.2 cm³/mol. The maximum absolute atomic E-state index is 12.1. The van der Waals surface area contributed by atoms with Crippen LogP contribution in [-0.2, 0) is 16.1 Å². The van der Waals surface area contributed by atoms with Crippen LogP contribution in [0.5, 0.6) is 5.75 Å². The van der Waals surface area contributed by atoms with Crippen LogP contribution in [-0.4, -0.2) is 23.6 Å². The minimum Gasteiger partial charge on any atom is -0.481 e. The molecule has 1 aliphatic carbocycles. The molecule has 1 aliphatic rings. The Morgan fingerprint density at radius 2 is 2.15 bits per heavy atom. The van der Waals surface area contributed by atoms with Gasteiger partial charge in [0.1, 0.15) is 5.75 Å². The number of ether oxygens (including phenoxy) is 1. The summed E-state index contributed by atoms with van der Waals surface area (Å²) in [6.07, 6.45) is 0.343. The molecule has 0 radical (unpaired) electrons. The molecule has 1 amide bonds. The SMILES string of the molecule is O=C(O)C1CC1C(=O)NCc1cccc(OC(F)F)c1. The molecule has 0 spiro atoms. The van der Waals surface area contributed by atoms with E-state index in [1.165, 1.54) is 18.2 Å². The molecule has 2 rings (SSSR count). The summed E-state index contributed by atoms with van der Waals surface area (Å²) in [5.74, 6) is -2.40. The third kappa shape index (κ3) is 3.66. The second-order valence-corrected chi connectivity index (χ2v) is 4.53. The highest BCUT2D eigenvalue weighted by atomic mass is 19.3. The third-order valence-corrected chi connectivity index (χ3v) is 3.03. The smallest absolute Gasteiger partial charge is 0.387 e. The number of benzene rings is 1. The van der Waals surface area contributed by atoms with E-state index >= 15 is 0 Å². The van der Waals surface area contributed by atoms with Crippen LogP contribution >= 0.6 is 0 Å². The molecule has 7 heteroatoms. The van der Waals surface area contributed by atoms with Gasteiger partial charge in [-0.3, -0.25) is 9.59 Å². The van der Waals surface area contributed by atoms with Gasteiger partial charge in [-0.1, -0.05) is 12.1 Å². The lowest BCUT2D eigenvalue weighted by atomic mass is 10.2. The summed E-state index contributed by atoms with van der Waals surface area (Å²) >= 11 is 0. The maximum Gasteiger partial charge on any atom is 0.387 e. The number of aliphatic carboxylic acids is 1. The zero-order chi connectivity index (χ0) is 14.7. The van der Waals surface area contributed by atoms with Crippen molar-refractivity contribution in [2.45, 2.75) is 19.6 Å². The third-order valence-electron chi connectivity index (χ3n) is 3.03. The molecule has 0 saturated heterocycles. The minimum atomic E-state index is -2.90. The first kappa shape index (κ1) is 14.2. The Morgan fingerprint density at radius 1 is 1.40 bits per heavy atom. The summed E-state index contributed by atoms with van der Waals surface area (Å²) < 4.78 is 28.3. The summed E-state index contributed by atoms with van der Waals surface area (Å²) in [6, 6.07) is 5.98. The zero-order valence-electron chi connectivity index (χ0n) is 10.4. The number of halogens is 2. The van der Waals surface area contributed by atoms with Gasteiger partial charge < -0.3 is 15.2 Å². The lowest BCUT2D eigenvalue weighted by Crippen LogP contribution is -2.25. The van der Waals surface area contributed by atoms with Crippen molar-refractivity contribution in [3.8, 4) is 5.75 Å². The van der Waals surface area contributed by atoms with Crippen molar-refractivity contribution in [2.24, 2.45) is 11.8 Å². The number of hydrogen-bond donors (Lipinski definition) is 2. The normalized spacial score (nSPS) is 20.6. The van der Waals surface area contributed by atoms with E-state index in [0.717, 1.165) is 0 Å². The van der Waals surface area contributed by atoms with Gasteiger partial charge in [0, 0.05) is 6.54 Å². The predicted octanol–water partition coefficient (Wildman–Crippen LogP) is 1.62. The van der Waals surface area contributed by atoms with Gasteiger partial charge in [-0.05, 0) is 24.1 Å². The lowest BCUT2D eigenvalue weighted by Gasteiger charge is -2.08. The number of amides is 1. The van der Waals surface area contributed by atoms with Crippen LogP contribution in [0.3, 0.4) is 0 Å². The van der Waals surface area contributed by atoms with E-state index in [0.29, 0.717) is 12.0 Å². The minimum absolute atomic E-state index is 0.0154. The van der Waals surface area contributed by atoms with Gasteiger partial charge in [-0.2, -0.15) is 8.78 Å². The molecule has 20 heavy (non-hydrogen) atoms. The first-order valence-corrected chi connectivity index (χ1v) is 6.01. The molecule has 2 atom stereocenters. The Bertz CT molecular complexity index is 521. The fourth-order valence-electron chi connectivity index (χ4n) is 1.91. The highest BCUT2D eigenvalue weighted by molar-refractivity contribution is 5.89. The highest BCUT2D eigenvalue weighted by Crippen LogP contribution is 2.38. The van der Waals surface area contributed by atoms with Crippen molar-refractivity contribution in [1.29, 1.82) is 0 Å². The summed E-state index contributed by atoms with van der Waals surface area (Å²) in [6.45, 7) is -2.76. The number of hydrogen-bond acceptors (Lipinski definition) is 3. The van der Waals surface area contributed by atoms with Crippen LogP contribution in [0.2, 0.25) is 0 Å². The molecule has 1 fully saturated rings. The second kappa shape index (κ2) is 5.85. The molecule has 1 saturated carbocycles. The Labute approximate surface area is 113 Å². The molecule has 108 valence electrons. The Morgan fingerprint density at radius 3 is 2.75 bits per heavy atom. The molecule has 0 bridgehead atoms. The van der Waals surface area contributed by atoms with Crippen LogP contribution in [0.15, 0.2) is 24.3 Å². The van der Waals surface area contributed by atoms with Crippen molar-refractivity contribution in [3.05, 3.63) is 29.8 Å². The first-order chi connectivity index (χ1) is 9.47. The van der Waals surface area contributed by atoms with Crippen molar-refractivity contribution in [3.63, 3.8) is 0 Å². The molecule has 2 unspecified atom stereocenters. The van der Waals surface area contributed by atoms with Gasteiger partial charge in [0.25, 0.3) is 0 Å². The molecule has 0 aromatic heterocycles. The Kier molecular flexibility index (Phi) is 4.16. The number of carbonyl (C=O) groups is 2. The van der Waals surface area contributed by atoms with E-state index in [2.05, 4.69) is 10.1 Å². The van der Waals surface area contributed by atoms with Gasteiger partial charge in [-0.25, -0.2) is 0 Å². The summed E-state index contributed by atoms with van der Waals surface area (Å²) in [5, 5.41) is 11.3. The van der Waals surface area contributed by atoms with E-state index in [1.807, 2.05) is 0 Å². The fraction of sp³-hybridized carbons (Fsp3) is 0.385. The van der Waals surface area contributed by atoms with Gasteiger partial charge in [-0.15, -0.1) is 0 Å². The number of carbonyl (C=O) groups excluding carboxylic acids is 1. The fourth-order valence-corrected chi connectivity index (χ4v) is 1.91. The average molecular weight is 285 g/mol. The van der Waals surface area contributed by atoms with Gasteiger partial charge >= 0.3 is 12.6 Å². The van der Waals surface area contributed by atoms with Gasteiger partial charge in [0.2, 0.25) is 5.91 Å². The number of alkyl halides is 2. The van der Waals surface area contributed by atoms with E-state index < -0.39 is 24.4 Å². The molecule has 1 aromatic rings. The molecule has 0 heterocycles. The molecule has 1 aromatic carbocycles. The Balaban J connectivity index is 1.85. The molecule has 0 aliphatic heterocycles. The quantitative estimate of drug-likeness (QED) is 0.833. The topological polar surface area (TPSA) is 75.6 Å². The van der Waals surface area contributed by atoms with E-state index in [9.17, 15) is 18.4 Å². The monoisotopic (exact) mass is 285 g/mol. The van der Waals surface area contributed by atoms with E-state index in [1.54, 1.807) is 6.07 Å². The standard InChI is InChI=1S/C13H13F2NO4/c14-13(15)20-8-3-1-2-7(4-8)6-16-11(17)9-5-10(9)12(18)19/h1-4,9-10,13H,5-6H2,(H,16,17)(H,18,19). The van der Waals surface area contributed by atoms with Crippen LogP contribution < -0.4 is 10.1 Å². The number of carboxylic acid groups (broad SMARTS) is 1. The lowest BCUT2D eigenvalue weighted by molar-refractivity contribution is -0.140. The molecule has 2 N–H and O–H groups in total. The van der Waals surface area contributed by atoms with E-state index in [4.69, 9.17) is 5.11 Å². The van der Waals surface area contributed by atoms with Crippen LogP contribution in [0.1, 0.15) is 12.0 Å². The van der Waals surface area contributed by atoms with Crippen molar-refractivity contribution < 1.29 is 28.2 Å². The van der Waals surface area contributed by atoms with Crippen LogP contribution in [0, 0.1) is 11.8 Å². The van der Waals surface area contributed by atoms with Gasteiger partial charge in [0.15, 0.2) is 0 Å². The van der Waals surface area contributed by atoms with Crippen molar-refractivity contribution >= 4 is 11.9 Å². The summed E-state index contributed by atoms with van der Waals surface area (Å²) in [7, 11) is 0.